The Labute approximate surface area is 124 Å². The van der Waals surface area contributed by atoms with E-state index in [-0.39, 0.29) is 0 Å². The molecule has 0 amide bonds. The van der Waals surface area contributed by atoms with E-state index in [2.05, 4.69) is 41.3 Å². The minimum absolute atomic E-state index is 0.657. The average Bonchev–Trinajstić information content (AvgIpc) is 2.90. The maximum absolute atomic E-state index is 5.98. The molecule has 108 valence electrons. The van der Waals surface area contributed by atoms with Crippen LogP contribution in [0.3, 0.4) is 0 Å². The molecular formula is C17H19N3O. The second kappa shape index (κ2) is 5.56. The molecule has 1 aromatic carbocycles. The summed E-state index contributed by atoms with van der Waals surface area (Å²) in [5, 5.41) is 4.33. The average molecular weight is 281 g/mol. The van der Waals surface area contributed by atoms with Crippen molar-refractivity contribution < 1.29 is 4.42 Å². The van der Waals surface area contributed by atoms with Crippen LogP contribution in [0.15, 0.2) is 34.7 Å². The maximum Gasteiger partial charge on any atom is 0.223 e. The first kappa shape index (κ1) is 13.6. The van der Waals surface area contributed by atoms with Crippen LogP contribution in [0.1, 0.15) is 24.6 Å². The van der Waals surface area contributed by atoms with E-state index in [1.165, 1.54) is 0 Å². The molecule has 0 fully saturated rings. The van der Waals surface area contributed by atoms with Gasteiger partial charge in [0.05, 0.1) is 0 Å². The van der Waals surface area contributed by atoms with Gasteiger partial charge in [-0.1, -0.05) is 25.1 Å². The lowest BCUT2D eigenvalue weighted by molar-refractivity contribution is 0.625. The highest BCUT2D eigenvalue weighted by atomic mass is 16.3. The van der Waals surface area contributed by atoms with Gasteiger partial charge in [-0.25, -0.2) is 9.97 Å². The Hall–Kier alpha value is -2.36. The molecule has 0 spiro atoms. The quantitative estimate of drug-likeness (QED) is 0.773. The zero-order valence-electron chi connectivity index (χ0n) is 12.6. The molecule has 1 N–H and O–H groups in total. The molecule has 0 aliphatic carbocycles. The number of nitrogens with zero attached hydrogens (tertiary/aromatic N) is 2. The van der Waals surface area contributed by atoms with Crippen molar-refractivity contribution in [1.29, 1.82) is 0 Å². The van der Waals surface area contributed by atoms with Crippen molar-refractivity contribution in [2.75, 3.05) is 11.9 Å². The third-order valence-corrected chi connectivity index (χ3v) is 3.38. The van der Waals surface area contributed by atoms with E-state index in [9.17, 15) is 0 Å². The standard InChI is InChI=1S/C17H19N3O/c1-4-8-18-17-19-12(3)9-14(20-17)15-10-13-7-5-6-11(2)16(13)21-15/h5-7,9-10H,4,8H2,1-3H3,(H,18,19,20). The van der Waals surface area contributed by atoms with Gasteiger partial charge in [0.2, 0.25) is 5.95 Å². The van der Waals surface area contributed by atoms with Crippen molar-refractivity contribution in [3.63, 3.8) is 0 Å². The Balaban J connectivity index is 2.05. The van der Waals surface area contributed by atoms with E-state index in [1.54, 1.807) is 0 Å². The number of hydrogen-bond donors (Lipinski definition) is 1. The third kappa shape index (κ3) is 2.75. The van der Waals surface area contributed by atoms with E-state index in [0.717, 1.165) is 46.6 Å². The summed E-state index contributed by atoms with van der Waals surface area (Å²) in [5.74, 6) is 1.44. The molecule has 0 unspecified atom stereocenters. The molecule has 3 rings (SSSR count). The molecule has 4 heteroatoms. The second-order valence-electron chi connectivity index (χ2n) is 5.25. The van der Waals surface area contributed by atoms with Crippen LogP contribution < -0.4 is 5.32 Å². The first-order chi connectivity index (χ1) is 10.2. The Morgan fingerprint density at radius 2 is 2.00 bits per heavy atom. The van der Waals surface area contributed by atoms with Crippen molar-refractivity contribution in [2.24, 2.45) is 0 Å². The fraction of sp³-hybridized carbons (Fsp3) is 0.294. The number of para-hydroxylation sites is 1. The van der Waals surface area contributed by atoms with Gasteiger partial charge >= 0.3 is 0 Å². The summed E-state index contributed by atoms with van der Waals surface area (Å²) in [6.45, 7) is 7.00. The number of benzene rings is 1. The van der Waals surface area contributed by atoms with Gasteiger partial charge < -0.3 is 9.73 Å². The van der Waals surface area contributed by atoms with Crippen molar-refractivity contribution in [3.8, 4) is 11.5 Å². The van der Waals surface area contributed by atoms with Crippen LogP contribution in [-0.4, -0.2) is 16.5 Å². The molecular weight excluding hydrogens is 262 g/mol. The fourth-order valence-electron chi connectivity index (χ4n) is 2.35. The molecule has 2 heterocycles. The minimum atomic E-state index is 0.657. The van der Waals surface area contributed by atoms with Gasteiger partial charge in [-0.05, 0) is 38.0 Å². The highest BCUT2D eigenvalue weighted by Gasteiger charge is 2.11. The highest BCUT2D eigenvalue weighted by Crippen LogP contribution is 2.29. The van der Waals surface area contributed by atoms with E-state index in [1.807, 2.05) is 25.1 Å². The van der Waals surface area contributed by atoms with Crippen molar-refractivity contribution in [1.82, 2.24) is 9.97 Å². The first-order valence-electron chi connectivity index (χ1n) is 7.26. The molecule has 0 bridgehead atoms. The topological polar surface area (TPSA) is 51.0 Å². The summed E-state index contributed by atoms with van der Waals surface area (Å²) in [5.41, 5.74) is 3.80. The molecule has 3 aromatic rings. The Kier molecular flexibility index (Phi) is 3.60. The molecule has 0 saturated carbocycles. The van der Waals surface area contributed by atoms with Crippen molar-refractivity contribution >= 4 is 16.9 Å². The monoisotopic (exact) mass is 281 g/mol. The smallest absolute Gasteiger partial charge is 0.223 e. The van der Waals surface area contributed by atoms with Gasteiger partial charge in [-0.2, -0.15) is 0 Å². The fourth-order valence-corrected chi connectivity index (χ4v) is 2.35. The normalized spacial score (nSPS) is 11.0. The number of anilines is 1. The predicted octanol–water partition coefficient (Wildman–Crippen LogP) is 4.33. The van der Waals surface area contributed by atoms with Gasteiger partial charge in [0, 0.05) is 17.6 Å². The summed E-state index contributed by atoms with van der Waals surface area (Å²) in [7, 11) is 0. The number of aryl methyl sites for hydroxylation is 2. The summed E-state index contributed by atoms with van der Waals surface area (Å²) in [4.78, 5) is 8.95. The lowest BCUT2D eigenvalue weighted by Crippen LogP contribution is -2.05. The molecule has 4 nitrogen and oxygen atoms in total. The Bertz CT molecular complexity index is 777. The number of rotatable bonds is 4. The van der Waals surface area contributed by atoms with Gasteiger partial charge in [0.1, 0.15) is 11.3 Å². The Morgan fingerprint density at radius 1 is 1.14 bits per heavy atom. The largest absolute Gasteiger partial charge is 0.454 e. The second-order valence-corrected chi connectivity index (χ2v) is 5.25. The maximum atomic E-state index is 5.98. The SMILES string of the molecule is CCCNc1nc(C)cc(-c2cc3cccc(C)c3o2)n1. The number of fused-ring (bicyclic) bond motifs is 1. The van der Waals surface area contributed by atoms with E-state index >= 15 is 0 Å². The predicted molar refractivity (Wildman–Crippen MR) is 85.5 cm³/mol. The van der Waals surface area contributed by atoms with E-state index in [4.69, 9.17) is 4.42 Å². The lowest BCUT2D eigenvalue weighted by atomic mass is 10.2. The van der Waals surface area contributed by atoms with Crippen LogP contribution in [-0.2, 0) is 0 Å². The molecule has 0 saturated heterocycles. The van der Waals surface area contributed by atoms with E-state index in [0.29, 0.717) is 5.95 Å². The summed E-state index contributed by atoms with van der Waals surface area (Å²) >= 11 is 0. The number of hydrogen-bond acceptors (Lipinski definition) is 4. The van der Waals surface area contributed by atoms with Gasteiger partial charge in [-0.3, -0.25) is 0 Å². The molecule has 0 atom stereocenters. The molecule has 21 heavy (non-hydrogen) atoms. The van der Waals surface area contributed by atoms with Crippen LogP contribution in [0.25, 0.3) is 22.4 Å². The molecule has 0 aliphatic rings. The zero-order valence-corrected chi connectivity index (χ0v) is 12.6. The summed E-state index contributed by atoms with van der Waals surface area (Å²) in [6.07, 6.45) is 1.04. The zero-order chi connectivity index (χ0) is 14.8. The molecule has 0 aliphatic heterocycles. The summed E-state index contributed by atoms with van der Waals surface area (Å²) in [6, 6.07) is 10.1. The van der Waals surface area contributed by atoms with Crippen LogP contribution in [0.2, 0.25) is 0 Å². The highest BCUT2D eigenvalue weighted by molar-refractivity contribution is 5.84. The first-order valence-corrected chi connectivity index (χ1v) is 7.26. The van der Waals surface area contributed by atoms with Gasteiger partial charge in [0.15, 0.2) is 5.76 Å². The number of aromatic nitrogens is 2. The number of nitrogens with one attached hydrogen (secondary N) is 1. The van der Waals surface area contributed by atoms with Gasteiger partial charge in [0.25, 0.3) is 0 Å². The third-order valence-electron chi connectivity index (χ3n) is 3.38. The number of furan rings is 1. The lowest BCUT2D eigenvalue weighted by Gasteiger charge is -2.05. The Morgan fingerprint density at radius 3 is 2.76 bits per heavy atom. The van der Waals surface area contributed by atoms with Crippen LogP contribution in [0.5, 0.6) is 0 Å². The summed E-state index contributed by atoms with van der Waals surface area (Å²) < 4.78 is 5.98. The molecule has 2 aromatic heterocycles. The van der Waals surface area contributed by atoms with Crippen molar-refractivity contribution in [3.05, 3.63) is 41.6 Å². The van der Waals surface area contributed by atoms with Crippen molar-refractivity contribution in [2.45, 2.75) is 27.2 Å². The van der Waals surface area contributed by atoms with Crippen LogP contribution in [0, 0.1) is 13.8 Å². The van der Waals surface area contributed by atoms with E-state index < -0.39 is 0 Å². The molecule has 0 radical (unpaired) electrons. The van der Waals surface area contributed by atoms with Crippen LogP contribution >= 0.6 is 0 Å². The van der Waals surface area contributed by atoms with Crippen LogP contribution in [0.4, 0.5) is 5.95 Å². The van der Waals surface area contributed by atoms with Gasteiger partial charge in [-0.15, -0.1) is 0 Å². The minimum Gasteiger partial charge on any atom is -0.454 e.